The molecule has 0 unspecified atom stereocenters. The molecule has 1 saturated heterocycles. The lowest BCUT2D eigenvalue weighted by atomic mass is 10.00. The van der Waals surface area contributed by atoms with Crippen LogP contribution in [0, 0.1) is 11.8 Å². The number of pyridine rings is 1. The van der Waals surface area contributed by atoms with Crippen LogP contribution < -0.4 is 11.5 Å². The molecule has 6 nitrogen and oxygen atoms in total. The van der Waals surface area contributed by atoms with Crippen molar-refractivity contribution in [3.05, 3.63) is 59.9 Å². The quantitative estimate of drug-likeness (QED) is 0.711. The number of nitrogens with two attached hydrogens (primary N) is 2. The van der Waals surface area contributed by atoms with Gasteiger partial charge in [0.2, 0.25) is 0 Å². The van der Waals surface area contributed by atoms with Gasteiger partial charge in [-0.25, -0.2) is 4.98 Å². The number of hydrogen-bond donors (Lipinski definition) is 3. The van der Waals surface area contributed by atoms with E-state index in [4.69, 9.17) is 11.5 Å². The number of carbonyl (C=O) groups excluding carboxylic acids is 1. The Kier molecular flexibility index (Phi) is 4.41. The van der Waals surface area contributed by atoms with Crippen molar-refractivity contribution in [2.75, 3.05) is 19.3 Å². The van der Waals surface area contributed by atoms with E-state index in [9.17, 15) is 9.90 Å². The van der Waals surface area contributed by atoms with E-state index in [1.165, 1.54) is 0 Å². The number of nitrogen functional groups attached to an aromatic ring is 1. The average Bonchev–Trinajstić information content (AvgIpc) is 2.88. The summed E-state index contributed by atoms with van der Waals surface area (Å²) in [5.41, 5.74) is 12.8. The standard InChI is InChI=1S/C20H20N4O2/c1-13-20(26,10-11-24(13)2)9-8-14-4-3-5-15(12-14)17-7-6-16(21)18(23-17)19(22)25/h3-7,12,26H,1,10-11,21H2,2H3,(H2,22,25)/t20-/m0/s1. The van der Waals surface area contributed by atoms with E-state index >= 15 is 0 Å². The number of anilines is 1. The summed E-state index contributed by atoms with van der Waals surface area (Å²) in [4.78, 5) is 17.6. The molecule has 2 aromatic rings. The molecule has 0 saturated carbocycles. The Morgan fingerprint density at radius 3 is 2.81 bits per heavy atom. The van der Waals surface area contributed by atoms with Gasteiger partial charge in [-0.15, -0.1) is 0 Å². The minimum Gasteiger partial charge on any atom is -0.397 e. The van der Waals surface area contributed by atoms with E-state index in [0.29, 0.717) is 17.8 Å². The van der Waals surface area contributed by atoms with Crippen molar-refractivity contribution in [2.45, 2.75) is 12.0 Å². The first kappa shape index (κ1) is 17.5. The number of aromatic nitrogens is 1. The predicted molar refractivity (Wildman–Crippen MR) is 101 cm³/mol. The number of benzene rings is 1. The van der Waals surface area contributed by atoms with Crippen LogP contribution in [0.15, 0.2) is 48.7 Å². The summed E-state index contributed by atoms with van der Waals surface area (Å²) < 4.78 is 0. The maximum Gasteiger partial charge on any atom is 0.269 e. The fourth-order valence-corrected chi connectivity index (χ4v) is 2.82. The molecule has 1 aromatic heterocycles. The number of hydrogen-bond acceptors (Lipinski definition) is 5. The number of rotatable bonds is 2. The number of amides is 1. The van der Waals surface area contributed by atoms with Gasteiger partial charge in [-0.3, -0.25) is 4.79 Å². The van der Waals surface area contributed by atoms with Gasteiger partial charge in [0, 0.05) is 31.1 Å². The lowest BCUT2D eigenvalue weighted by Crippen LogP contribution is -2.26. The van der Waals surface area contributed by atoms with Crippen LogP contribution in [-0.2, 0) is 0 Å². The fraction of sp³-hybridized carbons (Fsp3) is 0.200. The zero-order valence-corrected chi connectivity index (χ0v) is 14.5. The van der Waals surface area contributed by atoms with E-state index in [1.807, 2.05) is 36.2 Å². The van der Waals surface area contributed by atoms with Crippen molar-refractivity contribution >= 4 is 11.6 Å². The number of primary amides is 1. The second-order valence-electron chi connectivity index (χ2n) is 6.31. The molecule has 26 heavy (non-hydrogen) atoms. The van der Waals surface area contributed by atoms with E-state index in [1.54, 1.807) is 12.1 Å². The summed E-state index contributed by atoms with van der Waals surface area (Å²) in [5.74, 6) is 5.25. The second-order valence-corrected chi connectivity index (χ2v) is 6.31. The van der Waals surface area contributed by atoms with Crippen molar-refractivity contribution in [3.63, 3.8) is 0 Å². The summed E-state index contributed by atoms with van der Waals surface area (Å²) in [6.07, 6.45) is 0.524. The topological polar surface area (TPSA) is 105 Å². The molecule has 1 aliphatic rings. The first-order valence-corrected chi connectivity index (χ1v) is 8.13. The van der Waals surface area contributed by atoms with Gasteiger partial charge in [0.15, 0.2) is 11.3 Å². The van der Waals surface area contributed by atoms with Gasteiger partial charge in [0.05, 0.1) is 17.1 Å². The Morgan fingerprint density at radius 2 is 2.15 bits per heavy atom. The molecule has 6 heteroatoms. The van der Waals surface area contributed by atoms with E-state index < -0.39 is 11.5 Å². The lowest BCUT2D eigenvalue weighted by Gasteiger charge is -2.19. The molecule has 1 aliphatic heterocycles. The van der Waals surface area contributed by atoms with Gasteiger partial charge >= 0.3 is 0 Å². The molecular weight excluding hydrogens is 328 g/mol. The Balaban J connectivity index is 1.93. The summed E-state index contributed by atoms with van der Waals surface area (Å²) >= 11 is 0. The van der Waals surface area contributed by atoms with E-state index in [0.717, 1.165) is 17.7 Å². The second kappa shape index (κ2) is 6.54. The van der Waals surface area contributed by atoms with Crippen molar-refractivity contribution in [1.29, 1.82) is 0 Å². The Morgan fingerprint density at radius 1 is 1.38 bits per heavy atom. The molecule has 0 spiro atoms. The first-order chi connectivity index (χ1) is 12.3. The number of aliphatic hydroxyl groups is 1. The maximum absolute atomic E-state index is 11.4. The number of likely N-dealkylation sites (N-methyl/N-ethyl adjacent to an activating group) is 1. The van der Waals surface area contributed by atoms with Crippen LogP contribution in [0.1, 0.15) is 22.5 Å². The molecule has 0 aliphatic carbocycles. The predicted octanol–water partition coefficient (Wildman–Crippen LogP) is 1.36. The van der Waals surface area contributed by atoms with Gasteiger partial charge in [-0.1, -0.05) is 30.6 Å². The summed E-state index contributed by atoms with van der Waals surface area (Å²) in [5, 5.41) is 10.6. The minimum absolute atomic E-state index is 0.0404. The van der Waals surface area contributed by atoms with Gasteiger partial charge < -0.3 is 21.5 Å². The summed E-state index contributed by atoms with van der Waals surface area (Å²) in [6, 6.07) is 10.7. The van der Waals surface area contributed by atoms with Crippen LogP contribution in [0.25, 0.3) is 11.3 Å². The first-order valence-electron chi connectivity index (χ1n) is 8.13. The SMILES string of the molecule is C=C1N(C)CC[C@@]1(O)C#Cc1cccc(-c2ccc(N)c(C(N)=O)n2)c1. The van der Waals surface area contributed by atoms with Crippen LogP contribution in [0.3, 0.4) is 0 Å². The third-order valence-corrected chi connectivity index (χ3v) is 4.48. The highest BCUT2D eigenvalue weighted by Crippen LogP contribution is 2.29. The molecule has 132 valence electrons. The Bertz CT molecular complexity index is 958. The number of nitrogens with zero attached hydrogens (tertiary/aromatic N) is 2. The van der Waals surface area contributed by atoms with E-state index in [-0.39, 0.29) is 11.4 Å². The Hall–Kier alpha value is -3.30. The van der Waals surface area contributed by atoms with Crippen LogP contribution in [0.5, 0.6) is 0 Å². The van der Waals surface area contributed by atoms with Gasteiger partial charge in [-0.2, -0.15) is 0 Å². The summed E-state index contributed by atoms with van der Waals surface area (Å²) in [6.45, 7) is 4.63. The molecule has 1 aromatic carbocycles. The molecule has 2 heterocycles. The molecule has 0 radical (unpaired) electrons. The highest BCUT2D eigenvalue weighted by Gasteiger charge is 2.36. The molecule has 3 rings (SSSR count). The van der Waals surface area contributed by atoms with Crippen LogP contribution in [-0.4, -0.2) is 40.1 Å². The fourth-order valence-electron chi connectivity index (χ4n) is 2.82. The van der Waals surface area contributed by atoms with Crippen LogP contribution in [0.2, 0.25) is 0 Å². The number of likely N-dealkylation sites (tertiary alicyclic amines) is 1. The summed E-state index contributed by atoms with van der Waals surface area (Å²) in [7, 11) is 1.88. The number of carbonyl (C=O) groups is 1. The van der Waals surface area contributed by atoms with Crippen molar-refractivity contribution in [2.24, 2.45) is 5.73 Å². The largest absolute Gasteiger partial charge is 0.397 e. The molecule has 1 amide bonds. The minimum atomic E-state index is -1.21. The molecule has 1 fully saturated rings. The van der Waals surface area contributed by atoms with Gasteiger partial charge in [-0.05, 0) is 24.3 Å². The third kappa shape index (κ3) is 3.25. The van der Waals surface area contributed by atoms with Crippen LogP contribution in [0.4, 0.5) is 5.69 Å². The van der Waals surface area contributed by atoms with Gasteiger partial charge in [0.1, 0.15) is 0 Å². The lowest BCUT2D eigenvalue weighted by molar-refractivity contribution is 0.0996. The van der Waals surface area contributed by atoms with E-state index in [2.05, 4.69) is 23.4 Å². The van der Waals surface area contributed by atoms with Crippen molar-refractivity contribution < 1.29 is 9.90 Å². The molecule has 1 atom stereocenters. The zero-order valence-electron chi connectivity index (χ0n) is 14.5. The monoisotopic (exact) mass is 348 g/mol. The molecule has 0 bridgehead atoms. The Labute approximate surface area is 152 Å². The van der Waals surface area contributed by atoms with Crippen molar-refractivity contribution in [3.8, 4) is 23.1 Å². The van der Waals surface area contributed by atoms with Crippen LogP contribution >= 0.6 is 0 Å². The van der Waals surface area contributed by atoms with Crippen molar-refractivity contribution in [1.82, 2.24) is 9.88 Å². The third-order valence-electron chi connectivity index (χ3n) is 4.48. The normalized spacial score (nSPS) is 19.2. The van der Waals surface area contributed by atoms with Gasteiger partial charge in [0.25, 0.3) is 5.91 Å². The zero-order chi connectivity index (χ0) is 18.9. The smallest absolute Gasteiger partial charge is 0.269 e. The average molecular weight is 348 g/mol. The maximum atomic E-state index is 11.4. The molecular formula is C20H20N4O2. The molecule has 5 N–H and O–H groups in total. The highest BCUT2D eigenvalue weighted by atomic mass is 16.3. The highest BCUT2D eigenvalue weighted by molar-refractivity contribution is 5.96.